The molecule has 1 fully saturated rings. The van der Waals surface area contributed by atoms with Crippen molar-refractivity contribution < 1.29 is 0 Å². The Morgan fingerprint density at radius 1 is 1.21 bits per heavy atom. The van der Waals surface area contributed by atoms with Gasteiger partial charge in [-0.25, -0.2) is 0 Å². The van der Waals surface area contributed by atoms with E-state index in [1.807, 2.05) is 0 Å². The van der Waals surface area contributed by atoms with Crippen LogP contribution in [0.4, 0.5) is 5.69 Å². The van der Waals surface area contributed by atoms with Crippen LogP contribution < -0.4 is 10.2 Å². The van der Waals surface area contributed by atoms with Gasteiger partial charge in [0, 0.05) is 24.8 Å². The fourth-order valence-electron chi connectivity index (χ4n) is 2.91. The highest BCUT2D eigenvalue weighted by atomic mass is 15.2. The van der Waals surface area contributed by atoms with E-state index in [1.165, 1.54) is 37.1 Å². The van der Waals surface area contributed by atoms with Crippen molar-refractivity contribution in [3.63, 3.8) is 0 Å². The lowest BCUT2D eigenvalue weighted by Gasteiger charge is -2.39. The van der Waals surface area contributed by atoms with Crippen LogP contribution in [-0.2, 0) is 6.54 Å². The Bertz CT molecular complexity index is 371. The van der Waals surface area contributed by atoms with E-state index in [4.69, 9.17) is 0 Å². The molecule has 19 heavy (non-hydrogen) atoms. The highest BCUT2D eigenvalue weighted by Crippen LogP contribution is 2.28. The molecule has 2 unspecified atom stereocenters. The first kappa shape index (κ1) is 14.4. The van der Waals surface area contributed by atoms with Gasteiger partial charge in [-0.3, -0.25) is 0 Å². The van der Waals surface area contributed by atoms with Gasteiger partial charge in [0.1, 0.15) is 0 Å². The van der Waals surface area contributed by atoms with E-state index in [1.54, 1.807) is 0 Å². The van der Waals surface area contributed by atoms with E-state index in [-0.39, 0.29) is 0 Å². The molecule has 0 amide bonds. The zero-order valence-electron chi connectivity index (χ0n) is 12.7. The zero-order chi connectivity index (χ0) is 13.7. The van der Waals surface area contributed by atoms with Crippen molar-refractivity contribution >= 4 is 5.69 Å². The van der Waals surface area contributed by atoms with Crippen molar-refractivity contribution in [2.24, 2.45) is 5.92 Å². The molecule has 0 aromatic heterocycles. The van der Waals surface area contributed by atoms with Gasteiger partial charge in [0.2, 0.25) is 0 Å². The summed E-state index contributed by atoms with van der Waals surface area (Å²) < 4.78 is 0. The highest BCUT2D eigenvalue weighted by molar-refractivity contribution is 5.49. The van der Waals surface area contributed by atoms with Crippen LogP contribution in [0.15, 0.2) is 24.3 Å². The largest absolute Gasteiger partial charge is 0.369 e. The minimum absolute atomic E-state index is 0.665. The number of nitrogens with one attached hydrogen (secondary N) is 1. The van der Waals surface area contributed by atoms with Crippen LogP contribution in [0.25, 0.3) is 0 Å². The Kier molecular flexibility index (Phi) is 5.26. The van der Waals surface area contributed by atoms with Crippen LogP contribution >= 0.6 is 0 Å². The van der Waals surface area contributed by atoms with E-state index in [0.29, 0.717) is 6.04 Å². The molecule has 0 bridgehead atoms. The number of benzene rings is 1. The summed E-state index contributed by atoms with van der Waals surface area (Å²) >= 11 is 0. The van der Waals surface area contributed by atoms with Crippen LogP contribution in [0.3, 0.4) is 0 Å². The van der Waals surface area contributed by atoms with Crippen LogP contribution in [0.2, 0.25) is 0 Å². The first-order chi connectivity index (χ1) is 9.22. The Labute approximate surface area is 118 Å². The number of hydrogen-bond acceptors (Lipinski definition) is 2. The summed E-state index contributed by atoms with van der Waals surface area (Å²) in [6.07, 6.45) is 3.89. The second-order valence-corrected chi connectivity index (χ2v) is 5.90. The minimum atomic E-state index is 0.665. The average Bonchev–Trinajstić information content (AvgIpc) is 2.43. The number of rotatable bonds is 5. The number of piperidine rings is 1. The Morgan fingerprint density at radius 2 is 1.95 bits per heavy atom. The van der Waals surface area contributed by atoms with Crippen LogP contribution in [-0.4, -0.2) is 19.1 Å². The predicted octanol–water partition coefficient (Wildman–Crippen LogP) is 3.81. The molecular weight excluding hydrogens is 232 g/mol. The summed E-state index contributed by atoms with van der Waals surface area (Å²) in [5.74, 6) is 0.805. The SMILES string of the molecule is CCCNCc1ccc(N2CCCC(C)C2C)cc1. The summed E-state index contributed by atoms with van der Waals surface area (Å²) in [4.78, 5) is 2.57. The third-order valence-electron chi connectivity index (χ3n) is 4.40. The third kappa shape index (κ3) is 3.73. The standard InChI is InChI=1S/C17H28N2/c1-4-11-18-13-16-7-9-17(10-8-16)19-12-5-6-14(2)15(19)3/h7-10,14-15,18H,4-6,11-13H2,1-3H3. The maximum Gasteiger partial charge on any atom is 0.0368 e. The maximum atomic E-state index is 3.45. The molecule has 1 aromatic carbocycles. The van der Waals surface area contributed by atoms with Crippen molar-refractivity contribution in [3.8, 4) is 0 Å². The fourth-order valence-corrected chi connectivity index (χ4v) is 2.91. The molecule has 0 aliphatic carbocycles. The highest BCUT2D eigenvalue weighted by Gasteiger charge is 2.24. The molecule has 2 nitrogen and oxygen atoms in total. The van der Waals surface area contributed by atoms with Crippen molar-refractivity contribution in [1.82, 2.24) is 5.32 Å². The fraction of sp³-hybridized carbons (Fsp3) is 0.647. The van der Waals surface area contributed by atoms with Crippen molar-refractivity contribution in [2.45, 2.75) is 52.6 Å². The summed E-state index contributed by atoms with van der Waals surface area (Å²) in [6.45, 7) is 10.2. The van der Waals surface area contributed by atoms with Gasteiger partial charge in [-0.2, -0.15) is 0 Å². The Morgan fingerprint density at radius 3 is 2.63 bits per heavy atom. The Balaban J connectivity index is 1.97. The van der Waals surface area contributed by atoms with Gasteiger partial charge in [0.15, 0.2) is 0 Å². The molecule has 2 heteroatoms. The number of anilines is 1. The van der Waals surface area contributed by atoms with Crippen LogP contribution in [0.1, 0.15) is 45.6 Å². The molecule has 1 aliphatic heterocycles. The lowest BCUT2D eigenvalue weighted by molar-refractivity contribution is 0.363. The smallest absolute Gasteiger partial charge is 0.0368 e. The van der Waals surface area contributed by atoms with Gasteiger partial charge >= 0.3 is 0 Å². The minimum Gasteiger partial charge on any atom is -0.369 e. The van der Waals surface area contributed by atoms with Gasteiger partial charge in [0.05, 0.1) is 0 Å². The zero-order valence-corrected chi connectivity index (χ0v) is 12.7. The molecule has 2 rings (SSSR count). The molecule has 1 aliphatic rings. The molecule has 2 atom stereocenters. The maximum absolute atomic E-state index is 3.45. The normalized spacial score (nSPS) is 23.6. The molecular formula is C17H28N2. The van der Waals surface area contributed by atoms with Gasteiger partial charge in [0.25, 0.3) is 0 Å². The summed E-state index contributed by atoms with van der Waals surface area (Å²) in [5.41, 5.74) is 2.77. The van der Waals surface area contributed by atoms with E-state index >= 15 is 0 Å². The van der Waals surface area contributed by atoms with Crippen LogP contribution in [0.5, 0.6) is 0 Å². The molecule has 106 valence electrons. The molecule has 0 spiro atoms. The molecule has 1 N–H and O–H groups in total. The van der Waals surface area contributed by atoms with Crippen LogP contribution in [0, 0.1) is 5.92 Å². The topological polar surface area (TPSA) is 15.3 Å². The number of nitrogens with zero attached hydrogens (tertiary/aromatic N) is 1. The van der Waals surface area contributed by atoms with E-state index in [9.17, 15) is 0 Å². The van der Waals surface area contributed by atoms with Gasteiger partial charge in [-0.1, -0.05) is 26.0 Å². The monoisotopic (exact) mass is 260 g/mol. The number of hydrogen-bond donors (Lipinski definition) is 1. The average molecular weight is 260 g/mol. The second-order valence-electron chi connectivity index (χ2n) is 5.90. The molecule has 1 aromatic rings. The van der Waals surface area contributed by atoms with Crippen molar-refractivity contribution in [2.75, 3.05) is 18.0 Å². The van der Waals surface area contributed by atoms with Gasteiger partial charge in [-0.15, -0.1) is 0 Å². The quantitative estimate of drug-likeness (QED) is 0.810. The van der Waals surface area contributed by atoms with E-state index in [2.05, 4.69) is 55.3 Å². The second kappa shape index (κ2) is 6.95. The summed E-state index contributed by atoms with van der Waals surface area (Å²) in [6, 6.07) is 9.78. The van der Waals surface area contributed by atoms with E-state index in [0.717, 1.165) is 19.0 Å². The molecule has 1 heterocycles. The van der Waals surface area contributed by atoms with Crippen molar-refractivity contribution in [1.29, 1.82) is 0 Å². The predicted molar refractivity (Wildman–Crippen MR) is 83.6 cm³/mol. The first-order valence-corrected chi connectivity index (χ1v) is 7.78. The van der Waals surface area contributed by atoms with Crippen molar-refractivity contribution in [3.05, 3.63) is 29.8 Å². The van der Waals surface area contributed by atoms with E-state index < -0.39 is 0 Å². The molecule has 1 saturated heterocycles. The molecule has 0 saturated carbocycles. The molecule has 0 radical (unpaired) electrons. The lowest BCUT2D eigenvalue weighted by atomic mass is 9.91. The first-order valence-electron chi connectivity index (χ1n) is 7.78. The summed E-state index contributed by atoms with van der Waals surface area (Å²) in [5, 5.41) is 3.45. The third-order valence-corrected chi connectivity index (χ3v) is 4.40. The summed E-state index contributed by atoms with van der Waals surface area (Å²) in [7, 11) is 0. The van der Waals surface area contributed by atoms with Gasteiger partial charge in [-0.05, 0) is 56.3 Å². The lowest BCUT2D eigenvalue weighted by Crippen LogP contribution is -2.42. The Hall–Kier alpha value is -1.02. The van der Waals surface area contributed by atoms with Gasteiger partial charge < -0.3 is 10.2 Å².